The molecule has 31 heavy (non-hydrogen) atoms. The molecule has 0 atom stereocenters. The molecule has 1 N–H and O–H groups in total. The molecule has 2 heterocycles. The first-order valence-electron chi connectivity index (χ1n) is 9.85. The van der Waals surface area contributed by atoms with Crippen molar-refractivity contribution < 1.29 is 37.7 Å². The SMILES string of the molecule is CC(C)(C)OC(=O)N1CCC(Cn2cc3c(OC(F)F)c(OC(=O)O)ccc3n2)CC1. The first kappa shape index (κ1) is 22.6. The van der Waals surface area contributed by atoms with Gasteiger partial charge in [-0.3, -0.25) is 4.68 Å². The maximum atomic E-state index is 12.9. The molecule has 0 saturated carbocycles. The number of alkyl halides is 2. The number of halogens is 2. The van der Waals surface area contributed by atoms with Crippen LogP contribution in [0.2, 0.25) is 0 Å². The normalized spacial score (nSPS) is 15.4. The predicted octanol–water partition coefficient (Wildman–Crippen LogP) is 4.34. The lowest BCUT2D eigenvalue weighted by Gasteiger charge is -2.33. The van der Waals surface area contributed by atoms with E-state index in [0.29, 0.717) is 25.2 Å². The van der Waals surface area contributed by atoms with Crippen molar-refractivity contribution in [2.45, 2.75) is 52.4 Å². The number of rotatable bonds is 5. The second kappa shape index (κ2) is 8.94. The van der Waals surface area contributed by atoms with Crippen molar-refractivity contribution in [2.75, 3.05) is 13.1 Å². The molecule has 0 unspecified atom stereocenters. The van der Waals surface area contributed by atoms with E-state index in [1.165, 1.54) is 18.3 Å². The van der Waals surface area contributed by atoms with E-state index >= 15 is 0 Å². The van der Waals surface area contributed by atoms with Gasteiger partial charge in [0.25, 0.3) is 0 Å². The number of nitrogens with zero attached hydrogens (tertiary/aromatic N) is 3. The Morgan fingerprint density at radius 3 is 2.52 bits per heavy atom. The van der Waals surface area contributed by atoms with Crippen molar-refractivity contribution in [1.82, 2.24) is 14.7 Å². The van der Waals surface area contributed by atoms with Gasteiger partial charge in [0.15, 0.2) is 11.5 Å². The average Bonchev–Trinajstić information content (AvgIpc) is 3.05. The highest BCUT2D eigenvalue weighted by Crippen LogP contribution is 2.37. The molecule has 1 amide bonds. The first-order chi connectivity index (χ1) is 14.5. The molecular formula is C20H25F2N3O6. The molecule has 1 aromatic heterocycles. The highest BCUT2D eigenvalue weighted by Gasteiger charge is 2.27. The second-order valence-electron chi connectivity index (χ2n) is 8.33. The van der Waals surface area contributed by atoms with Crippen LogP contribution in [0.4, 0.5) is 18.4 Å². The summed E-state index contributed by atoms with van der Waals surface area (Å²) in [6.45, 7) is 3.92. The molecule has 9 nitrogen and oxygen atoms in total. The van der Waals surface area contributed by atoms with Gasteiger partial charge < -0.3 is 24.2 Å². The largest absolute Gasteiger partial charge is 0.511 e. The Hall–Kier alpha value is -3.11. The lowest BCUT2D eigenvalue weighted by atomic mass is 9.97. The number of benzene rings is 1. The van der Waals surface area contributed by atoms with Gasteiger partial charge in [-0.2, -0.15) is 13.9 Å². The number of piperidine rings is 1. The van der Waals surface area contributed by atoms with E-state index in [9.17, 15) is 18.4 Å². The molecule has 1 aliphatic heterocycles. The van der Waals surface area contributed by atoms with E-state index in [4.69, 9.17) is 9.84 Å². The van der Waals surface area contributed by atoms with Crippen LogP contribution in [-0.4, -0.2) is 57.3 Å². The zero-order chi connectivity index (χ0) is 22.8. The van der Waals surface area contributed by atoms with Gasteiger partial charge in [0.05, 0.1) is 10.9 Å². The zero-order valence-electron chi connectivity index (χ0n) is 17.5. The van der Waals surface area contributed by atoms with Crippen molar-refractivity contribution in [3.63, 3.8) is 0 Å². The number of aromatic nitrogens is 2. The van der Waals surface area contributed by atoms with Gasteiger partial charge >= 0.3 is 18.9 Å². The number of amides is 1. The van der Waals surface area contributed by atoms with Crippen molar-refractivity contribution in [1.29, 1.82) is 0 Å². The maximum Gasteiger partial charge on any atom is 0.511 e. The Morgan fingerprint density at radius 2 is 1.94 bits per heavy atom. The molecule has 1 fully saturated rings. The van der Waals surface area contributed by atoms with Crippen LogP contribution in [0.15, 0.2) is 18.3 Å². The summed E-state index contributed by atoms with van der Waals surface area (Å²) in [5.74, 6) is -0.478. The average molecular weight is 441 g/mol. The van der Waals surface area contributed by atoms with Crippen LogP contribution in [0.1, 0.15) is 33.6 Å². The Balaban J connectivity index is 1.70. The molecule has 1 aromatic carbocycles. The summed E-state index contributed by atoms with van der Waals surface area (Å²) >= 11 is 0. The zero-order valence-corrected chi connectivity index (χ0v) is 17.5. The van der Waals surface area contributed by atoms with E-state index in [2.05, 4.69) is 14.6 Å². The van der Waals surface area contributed by atoms with Gasteiger partial charge in [-0.25, -0.2) is 9.59 Å². The van der Waals surface area contributed by atoms with Crippen LogP contribution in [0.5, 0.6) is 11.5 Å². The summed E-state index contributed by atoms with van der Waals surface area (Å²) in [4.78, 5) is 24.7. The molecule has 0 radical (unpaired) electrons. The van der Waals surface area contributed by atoms with Crippen molar-refractivity contribution in [2.24, 2.45) is 5.92 Å². The number of carbonyl (C=O) groups is 2. The van der Waals surface area contributed by atoms with Gasteiger partial charge in [-0.1, -0.05) is 0 Å². The maximum absolute atomic E-state index is 12.9. The third-order valence-corrected chi connectivity index (χ3v) is 4.77. The summed E-state index contributed by atoms with van der Waals surface area (Å²) in [5, 5.41) is 13.4. The number of carbonyl (C=O) groups excluding carboxylic acids is 1. The molecule has 11 heteroatoms. The number of carboxylic acid groups (broad SMARTS) is 1. The molecule has 3 rings (SSSR count). The molecule has 2 aromatic rings. The molecule has 0 aliphatic carbocycles. The molecular weight excluding hydrogens is 416 g/mol. The summed E-state index contributed by atoms with van der Waals surface area (Å²) in [5.41, 5.74) is -0.177. The topological polar surface area (TPSA) is 103 Å². The minimum atomic E-state index is -3.15. The summed E-state index contributed by atoms with van der Waals surface area (Å²) in [7, 11) is 0. The molecule has 1 aliphatic rings. The van der Waals surface area contributed by atoms with Gasteiger partial charge in [0.1, 0.15) is 5.60 Å². The van der Waals surface area contributed by atoms with Gasteiger partial charge in [0.2, 0.25) is 0 Å². The Morgan fingerprint density at radius 1 is 1.26 bits per heavy atom. The van der Waals surface area contributed by atoms with Crippen molar-refractivity contribution in [3.8, 4) is 11.5 Å². The van der Waals surface area contributed by atoms with E-state index in [-0.39, 0.29) is 28.9 Å². The molecule has 0 spiro atoms. The number of hydrogen-bond donors (Lipinski definition) is 1. The van der Waals surface area contributed by atoms with Crippen LogP contribution in [0, 0.1) is 5.92 Å². The molecule has 0 bridgehead atoms. The highest BCUT2D eigenvalue weighted by atomic mass is 19.3. The Kier molecular flexibility index (Phi) is 6.51. The van der Waals surface area contributed by atoms with Crippen LogP contribution in [-0.2, 0) is 11.3 Å². The highest BCUT2D eigenvalue weighted by molar-refractivity contribution is 5.88. The quantitative estimate of drug-likeness (QED) is 0.544. The summed E-state index contributed by atoms with van der Waals surface area (Å²) in [6.07, 6.45) is 1.03. The Bertz CT molecular complexity index is 948. The van der Waals surface area contributed by atoms with Gasteiger partial charge in [0, 0.05) is 25.8 Å². The molecule has 1 saturated heterocycles. The third kappa shape index (κ3) is 5.96. The van der Waals surface area contributed by atoms with Gasteiger partial charge in [-0.15, -0.1) is 0 Å². The minimum Gasteiger partial charge on any atom is -0.449 e. The predicted molar refractivity (Wildman–Crippen MR) is 106 cm³/mol. The van der Waals surface area contributed by atoms with Crippen LogP contribution < -0.4 is 9.47 Å². The monoisotopic (exact) mass is 441 g/mol. The number of hydrogen-bond acceptors (Lipinski definition) is 6. The van der Waals surface area contributed by atoms with E-state index in [0.717, 1.165) is 12.8 Å². The number of fused-ring (bicyclic) bond motifs is 1. The van der Waals surface area contributed by atoms with Crippen LogP contribution in [0.25, 0.3) is 10.9 Å². The number of likely N-dealkylation sites (tertiary alicyclic amines) is 1. The second-order valence-corrected chi connectivity index (χ2v) is 8.33. The fraction of sp³-hybridized carbons (Fsp3) is 0.550. The van der Waals surface area contributed by atoms with Crippen LogP contribution in [0.3, 0.4) is 0 Å². The van der Waals surface area contributed by atoms with Gasteiger partial charge in [-0.05, 0) is 51.7 Å². The fourth-order valence-electron chi connectivity index (χ4n) is 3.47. The first-order valence-corrected chi connectivity index (χ1v) is 9.85. The lowest BCUT2D eigenvalue weighted by Crippen LogP contribution is -2.42. The Labute approximate surface area is 177 Å². The van der Waals surface area contributed by atoms with Crippen LogP contribution >= 0.6 is 0 Å². The standard InChI is InChI=1S/C20H25F2N3O6/c1-20(2,3)31-18(26)24-8-6-12(7-9-24)10-25-11-13-14(23-25)4-5-15(29-19(27)28)16(13)30-17(21)22/h4-5,11-12,17H,6-10H2,1-3H3,(H,27,28). The van der Waals surface area contributed by atoms with Crippen molar-refractivity contribution >= 4 is 23.2 Å². The lowest BCUT2D eigenvalue weighted by molar-refractivity contribution is -0.0502. The van der Waals surface area contributed by atoms with E-state index in [1.807, 2.05) is 20.8 Å². The van der Waals surface area contributed by atoms with E-state index < -0.39 is 18.4 Å². The molecule has 170 valence electrons. The summed E-state index contributed by atoms with van der Waals surface area (Å²) < 4.78 is 41.8. The van der Waals surface area contributed by atoms with E-state index in [1.54, 1.807) is 9.58 Å². The number of ether oxygens (including phenoxy) is 3. The van der Waals surface area contributed by atoms with Crippen molar-refractivity contribution in [3.05, 3.63) is 18.3 Å². The minimum absolute atomic E-state index is 0.224. The summed E-state index contributed by atoms with van der Waals surface area (Å²) in [6, 6.07) is 2.71. The fourth-order valence-corrected chi connectivity index (χ4v) is 3.47. The third-order valence-electron chi connectivity index (χ3n) is 4.77. The smallest absolute Gasteiger partial charge is 0.449 e.